The second kappa shape index (κ2) is 2.70. The van der Waals surface area contributed by atoms with E-state index in [1.807, 2.05) is 11.2 Å². The summed E-state index contributed by atoms with van der Waals surface area (Å²) in [4.78, 5) is 0. The maximum Gasteiger partial charge on any atom is 0.0531 e. The molecule has 4 heteroatoms. The first-order chi connectivity index (χ1) is 4.33. The molecule has 0 aromatic heterocycles. The smallest absolute Gasteiger partial charge is 0.0531 e. The lowest BCUT2D eigenvalue weighted by atomic mass is 10.5. The zero-order valence-corrected chi connectivity index (χ0v) is 5.54. The standard InChI is InChI=1S/C5H12N4/c1-2-3-8-4-5-9(6)7-8/h4-5,7H,2-3,6H2,1H3. The highest BCUT2D eigenvalue weighted by Gasteiger charge is 2.04. The van der Waals surface area contributed by atoms with E-state index in [2.05, 4.69) is 12.5 Å². The minimum absolute atomic E-state index is 0.990. The molecule has 52 valence electrons. The molecule has 0 aromatic rings. The Hall–Kier alpha value is -0.740. The highest BCUT2D eigenvalue weighted by molar-refractivity contribution is 4.82. The Bertz CT molecular complexity index is 112. The van der Waals surface area contributed by atoms with E-state index >= 15 is 0 Å². The van der Waals surface area contributed by atoms with Crippen LogP contribution in [0.5, 0.6) is 0 Å². The van der Waals surface area contributed by atoms with Crippen LogP contribution >= 0.6 is 0 Å². The lowest BCUT2D eigenvalue weighted by Crippen LogP contribution is -2.43. The van der Waals surface area contributed by atoms with Crippen molar-refractivity contribution in [3.8, 4) is 0 Å². The van der Waals surface area contributed by atoms with Crippen LogP contribution in [0.4, 0.5) is 0 Å². The van der Waals surface area contributed by atoms with Crippen molar-refractivity contribution >= 4 is 0 Å². The van der Waals surface area contributed by atoms with Crippen LogP contribution in [0.3, 0.4) is 0 Å². The molecule has 0 fully saturated rings. The Morgan fingerprint density at radius 3 is 2.78 bits per heavy atom. The highest BCUT2D eigenvalue weighted by Crippen LogP contribution is 1.94. The second-order valence-electron chi connectivity index (χ2n) is 2.00. The second-order valence-corrected chi connectivity index (χ2v) is 2.00. The molecule has 0 unspecified atom stereocenters. The molecular weight excluding hydrogens is 116 g/mol. The van der Waals surface area contributed by atoms with Crippen LogP contribution in [-0.4, -0.2) is 16.7 Å². The van der Waals surface area contributed by atoms with E-state index in [-0.39, 0.29) is 0 Å². The number of hydrazine groups is 3. The first-order valence-electron chi connectivity index (χ1n) is 3.08. The number of hydrogen-bond donors (Lipinski definition) is 2. The van der Waals surface area contributed by atoms with E-state index in [9.17, 15) is 0 Å². The van der Waals surface area contributed by atoms with Crippen LogP contribution in [0, 0.1) is 0 Å². The third-order valence-electron chi connectivity index (χ3n) is 1.12. The fraction of sp³-hybridized carbons (Fsp3) is 0.600. The summed E-state index contributed by atoms with van der Waals surface area (Å²) >= 11 is 0. The molecule has 0 aromatic carbocycles. The molecule has 0 atom stereocenters. The van der Waals surface area contributed by atoms with Crippen molar-refractivity contribution in [1.29, 1.82) is 0 Å². The summed E-state index contributed by atoms with van der Waals surface area (Å²) in [5.74, 6) is 5.35. The number of nitrogens with zero attached hydrogens (tertiary/aromatic N) is 2. The van der Waals surface area contributed by atoms with E-state index in [1.54, 1.807) is 6.20 Å². The molecule has 1 rings (SSSR count). The van der Waals surface area contributed by atoms with Gasteiger partial charge in [-0.05, 0) is 6.42 Å². The average Bonchev–Trinajstić information content (AvgIpc) is 2.17. The normalized spacial score (nSPS) is 17.6. The lowest BCUT2D eigenvalue weighted by Gasteiger charge is -2.17. The van der Waals surface area contributed by atoms with E-state index in [1.165, 1.54) is 5.12 Å². The summed E-state index contributed by atoms with van der Waals surface area (Å²) in [5, 5.41) is 3.36. The molecule has 0 aliphatic carbocycles. The summed E-state index contributed by atoms with van der Waals surface area (Å²) in [7, 11) is 0. The Morgan fingerprint density at radius 1 is 1.56 bits per heavy atom. The lowest BCUT2D eigenvalue weighted by molar-refractivity contribution is 0.139. The topological polar surface area (TPSA) is 44.5 Å². The van der Waals surface area contributed by atoms with E-state index in [4.69, 9.17) is 5.84 Å². The molecule has 1 aliphatic heterocycles. The predicted molar refractivity (Wildman–Crippen MR) is 35.3 cm³/mol. The zero-order chi connectivity index (χ0) is 6.69. The molecule has 0 amide bonds. The zero-order valence-electron chi connectivity index (χ0n) is 5.54. The van der Waals surface area contributed by atoms with Crippen LogP contribution < -0.4 is 11.4 Å². The molecule has 1 aliphatic rings. The van der Waals surface area contributed by atoms with Gasteiger partial charge in [0.2, 0.25) is 0 Å². The summed E-state index contributed by atoms with van der Waals surface area (Å²) in [5.41, 5.74) is 2.89. The number of rotatable bonds is 2. The maximum atomic E-state index is 5.35. The van der Waals surface area contributed by atoms with Gasteiger partial charge in [0, 0.05) is 12.7 Å². The first-order valence-corrected chi connectivity index (χ1v) is 3.08. The molecule has 0 saturated heterocycles. The number of hydrogen-bond acceptors (Lipinski definition) is 4. The number of nitrogens with two attached hydrogens (primary N) is 1. The van der Waals surface area contributed by atoms with Crippen molar-refractivity contribution in [1.82, 2.24) is 15.7 Å². The van der Waals surface area contributed by atoms with Crippen LogP contribution in [0.25, 0.3) is 0 Å². The molecule has 0 saturated carbocycles. The molecular formula is C5H12N4. The van der Waals surface area contributed by atoms with Gasteiger partial charge in [-0.2, -0.15) is 0 Å². The third kappa shape index (κ3) is 1.58. The molecule has 1 heterocycles. The van der Waals surface area contributed by atoms with Gasteiger partial charge in [-0.25, -0.2) is 11.0 Å². The monoisotopic (exact) mass is 128 g/mol. The summed E-state index contributed by atoms with van der Waals surface area (Å²) in [6.45, 7) is 3.11. The third-order valence-corrected chi connectivity index (χ3v) is 1.12. The predicted octanol–water partition coefficient (Wildman–Crippen LogP) is -0.221. The van der Waals surface area contributed by atoms with Gasteiger partial charge in [0.1, 0.15) is 0 Å². The van der Waals surface area contributed by atoms with Gasteiger partial charge in [-0.3, -0.25) is 5.01 Å². The molecule has 0 spiro atoms. The Balaban J connectivity index is 2.24. The largest absolute Gasteiger partial charge is 0.295 e. The van der Waals surface area contributed by atoms with Crippen LogP contribution in [0.1, 0.15) is 13.3 Å². The van der Waals surface area contributed by atoms with E-state index in [0.717, 1.165) is 13.0 Å². The van der Waals surface area contributed by atoms with Crippen LogP contribution in [-0.2, 0) is 0 Å². The van der Waals surface area contributed by atoms with Gasteiger partial charge in [-0.15, -0.1) is 5.53 Å². The van der Waals surface area contributed by atoms with Crippen molar-refractivity contribution in [3.63, 3.8) is 0 Å². The molecule has 0 bridgehead atoms. The van der Waals surface area contributed by atoms with E-state index < -0.39 is 0 Å². The van der Waals surface area contributed by atoms with E-state index in [0.29, 0.717) is 0 Å². The minimum atomic E-state index is 0.990. The molecule has 9 heavy (non-hydrogen) atoms. The van der Waals surface area contributed by atoms with Crippen LogP contribution in [0.2, 0.25) is 0 Å². The van der Waals surface area contributed by atoms with Crippen molar-refractivity contribution in [2.75, 3.05) is 6.54 Å². The van der Waals surface area contributed by atoms with Crippen molar-refractivity contribution in [2.45, 2.75) is 13.3 Å². The van der Waals surface area contributed by atoms with Gasteiger partial charge >= 0.3 is 0 Å². The Labute approximate surface area is 54.8 Å². The summed E-state index contributed by atoms with van der Waals surface area (Å²) in [6, 6.07) is 0. The molecule has 3 N–H and O–H groups in total. The fourth-order valence-corrected chi connectivity index (χ4v) is 0.733. The van der Waals surface area contributed by atoms with Gasteiger partial charge in [-0.1, -0.05) is 6.92 Å². The SMILES string of the molecule is CCCN1C=CN(N)N1. The van der Waals surface area contributed by atoms with Crippen molar-refractivity contribution in [2.24, 2.45) is 5.84 Å². The molecule has 0 radical (unpaired) electrons. The maximum absolute atomic E-state index is 5.35. The first kappa shape index (κ1) is 6.38. The van der Waals surface area contributed by atoms with Gasteiger partial charge < -0.3 is 0 Å². The Morgan fingerprint density at radius 2 is 2.33 bits per heavy atom. The minimum Gasteiger partial charge on any atom is -0.295 e. The van der Waals surface area contributed by atoms with Crippen LogP contribution in [0.15, 0.2) is 12.4 Å². The highest BCUT2D eigenvalue weighted by atomic mass is 15.8. The average molecular weight is 128 g/mol. The summed E-state index contributed by atoms with van der Waals surface area (Å²) < 4.78 is 0. The van der Waals surface area contributed by atoms with Gasteiger partial charge in [0.25, 0.3) is 0 Å². The molecule has 4 nitrogen and oxygen atoms in total. The van der Waals surface area contributed by atoms with Crippen molar-refractivity contribution < 1.29 is 0 Å². The van der Waals surface area contributed by atoms with Crippen molar-refractivity contribution in [3.05, 3.63) is 12.4 Å². The summed E-state index contributed by atoms with van der Waals surface area (Å²) in [6.07, 6.45) is 4.80. The van der Waals surface area contributed by atoms with Gasteiger partial charge in [0.15, 0.2) is 0 Å². The van der Waals surface area contributed by atoms with Gasteiger partial charge in [0.05, 0.1) is 6.20 Å². The fourth-order valence-electron chi connectivity index (χ4n) is 0.733. The Kier molecular flexibility index (Phi) is 1.92. The number of nitrogens with one attached hydrogen (secondary N) is 1. The quantitative estimate of drug-likeness (QED) is 0.505.